The van der Waals surface area contributed by atoms with Crippen molar-refractivity contribution in [3.8, 4) is 11.1 Å². The van der Waals surface area contributed by atoms with Crippen LogP contribution in [-0.2, 0) is 16.1 Å². The summed E-state index contributed by atoms with van der Waals surface area (Å²) in [6.45, 7) is 2.32. The first-order valence-corrected chi connectivity index (χ1v) is 12.5. The Labute approximate surface area is 210 Å². The molecule has 3 aliphatic rings. The van der Waals surface area contributed by atoms with Crippen molar-refractivity contribution in [3.05, 3.63) is 89.5 Å². The molecule has 36 heavy (non-hydrogen) atoms. The molecular formula is C29H29N3O4. The molecule has 7 nitrogen and oxygen atoms in total. The number of rotatable bonds is 5. The van der Waals surface area contributed by atoms with E-state index < -0.39 is 12.1 Å². The number of carbonyl (C=O) groups is 2. The number of nitrogens with zero attached hydrogens (tertiary/aromatic N) is 2. The molecule has 0 aromatic heterocycles. The van der Waals surface area contributed by atoms with E-state index in [9.17, 15) is 14.7 Å². The molecule has 2 aliphatic heterocycles. The van der Waals surface area contributed by atoms with Gasteiger partial charge in [0.05, 0.1) is 0 Å². The zero-order valence-electron chi connectivity index (χ0n) is 20.0. The van der Waals surface area contributed by atoms with E-state index in [-0.39, 0.29) is 24.5 Å². The smallest absolute Gasteiger partial charge is 0.407 e. The summed E-state index contributed by atoms with van der Waals surface area (Å²) in [5.41, 5.74) is 6.89. The molecule has 1 fully saturated rings. The van der Waals surface area contributed by atoms with Gasteiger partial charge in [-0.05, 0) is 40.3 Å². The zero-order chi connectivity index (χ0) is 24.6. The molecule has 1 saturated heterocycles. The molecule has 6 rings (SSSR count). The summed E-state index contributed by atoms with van der Waals surface area (Å²) in [6.07, 6.45) is 0.358. The van der Waals surface area contributed by atoms with Crippen LogP contribution in [0, 0.1) is 0 Å². The predicted octanol–water partition coefficient (Wildman–Crippen LogP) is 4.07. The summed E-state index contributed by atoms with van der Waals surface area (Å²) >= 11 is 0. The fourth-order valence-corrected chi connectivity index (χ4v) is 6.12. The highest BCUT2D eigenvalue weighted by Gasteiger charge is 2.37. The number of carboxylic acid groups (broad SMARTS) is 1. The number of amides is 1. The summed E-state index contributed by atoms with van der Waals surface area (Å²) in [4.78, 5) is 28.6. The third kappa shape index (κ3) is 4.20. The summed E-state index contributed by atoms with van der Waals surface area (Å²) < 4.78 is 5.75. The van der Waals surface area contributed by atoms with Crippen LogP contribution < -0.4 is 10.2 Å². The van der Waals surface area contributed by atoms with Crippen LogP contribution in [0.5, 0.6) is 0 Å². The van der Waals surface area contributed by atoms with Gasteiger partial charge in [-0.3, -0.25) is 9.69 Å². The van der Waals surface area contributed by atoms with Crippen LogP contribution in [0.4, 0.5) is 10.5 Å². The molecule has 1 amide bonds. The second-order valence-corrected chi connectivity index (χ2v) is 9.89. The van der Waals surface area contributed by atoms with E-state index in [1.807, 2.05) is 47.4 Å². The van der Waals surface area contributed by atoms with Crippen molar-refractivity contribution in [2.24, 2.45) is 0 Å². The Morgan fingerprint density at radius 3 is 2.31 bits per heavy atom. The van der Waals surface area contributed by atoms with Gasteiger partial charge >= 0.3 is 12.1 Å². The highest BCUT2D eigenvalue weighted by molar-refractivity contribution is 5.79. The molecule has 7 heteroatoms. The van der Waals surface area contributed by atoms with Gasteiger partial charge in [0.1, 0.15) is 13.2 Å². The molecule has 184 valence electrons. The summed E-state index contributed by atoms with van der Waals surface area (Å²) in [5, 5.41) is 12.5. The molecule has 0 spiro atoms. The van der Waals surface area contributed by atoms with Crippen molar-refractivity contribution in [2.75, 3.05) is 31.1 Å². The Kier molecular flexibility index (Phi) is 5.85. The van der Waals surface area contributed by atoms with Gasteiger partial charge in [0, 0.05) is 43.3 Å². The van der Waals surface area contributed by atoms with Crippen LogP contribution in [0.25, 0.3) is 11.1 Å². The fraction of sp³-hybridized carbons (Fsp3) is 0.310. The number of carboxylic acids is 1. The van der Waals surface area contributed by atoms with Gasteiger partial charge in [-0.15, -0.1) is 0 Å². The Morgan fingerprint density at radius 2 is 1.58 bits per heavy atom. The van der Waals surface area contributed by atoms with E-state index >= 15 is 0 Å². The monoisotopic (exact) mass is 483 g/mol. The van der Waals surface area contributed by atoms with Gasteiger partial charge in [-0.25, -0.2) is 4.79 Å². The lowest BCUT2D eigenvalue weighted by atomic mass is 9.98. The Hall–Kier alpha value is -3.84. The van der Waals surface area contributed by atoms with Gasteiger partial charge in [-0.2, -0.15) is 0 Å². The fourth-order valence-electron chi connectivity index (χ4n) is 6.12. The number of anilines is 1. The lowest BCUT2D eigenvalue weighted by Gasteiger charge is -2.26. The number of carbonyl (C=O) groups excluding carboxylic acids is 1. The Balaban J connectivity index is 1.10. The van der Waals surface area contributed by atoms with E-state index in [2.05, 4.69) is 40.5 Å². The third-order valence-electron chi connectivity index (χ3n) is 7.66. The van der Waals surface area contributed by atoms with E-state index in [4.69, 9.17) is 4.74 Å². The van der Waals surface area contributed by atoms with Crippen molar-refractivity contribution in [1.82, 2.24) is 10.2 Å². The maximum absolute atomic E-state index is 12.8. The minimum Gasteiger partial charge on any atom is -0.480 e. The Bertz CT molecular complexity index is 1260. The van der Waals surface area contributed by atoms with Gasteiger partial charge < -0.3 is 20.1 Å². The second kappa shape index (κ2) is 9.32. The van der Waals surface area contributed by atoms with Crippen LogP contribution in [0.3, 0.4) is 0 Å². The maximum Gasteiger partial charge on any atom is 0.407 e. The molecule has 0 saturated carbocycles. The van der Waals surface area contributed by atoms with Gasteiger partial charge in [0.2, 0.25) is 0 Å². The predicted molar refractivity (Wildman–Crippen MR) is 137 cm³/mol. The van der Waals surface area contributed by atoms with Crippen molar-refractivity contribution >= 4 is 17.7 Å². The van der Waals surface area contributed by atoms with Crippen molar-refractivity contribution in [2.45, 2.75) is 31.0 Å². The van der Waals surface area contributed by atoms with Crippen molar-refractivity contribution < 1.29 is 19.4 Å². The number of ether oxygens (including phenoxy) is 1. The number of hydrogen-bond donors (Lipinski definition) is 2. The first kappa shape index (κ1) is 22.6. The summed E-state index contributed by atoms with van der Waals surface area (Å²) in [7, 11) is 0. The zero-order valence-corrected chi connectivity index (χ0v) is 20.0. The minimum absolute atomic E-state index is 0.0302. The van der Waals surface area contributed by atoms with Crippen LogP contribution >= 0.6 is 0 Å². The molecule has 3 aromatic rings. The molecule has 0 bridgehead atoms. The quantitative estimate of drug-likeness (QED) is 0.569. The first-order chi connectivity index (χ1) is 17.6. The van der Waals surface area contributed by atoms with Gasteiger partial charge in [-0.1, -0.05) is 66.7 Å². The average Bonchev–Trinajstić information content (AvgIpc) is 3.35. The summed E-state index contributed by atoms with van der Waals surface area (Å²) in [5.74, 6) is -0.813. The minimum atomic E-state index is -0.843. The average molecular weight is 484 g/mol. The molecular weight excluding hydrogens is 454 g/mol. The molecule has 2 N–H and O–H groups in total. The largest absolute Gasteiger partial charge is 0.480 e. The molecule has 0 radical (unpaired) electrons. The maximum atomic E-state index is 12.8. The number of fused-ring (bicyclic) bond motifs is 5. The van der Waals surface area contributed by atoms with E-state index in [1.165, 1.54) is 22.3 Å². The van der Waals surface area contributed by atoms with Gasteiger partial charge in [0.15, 0.2) is 0 Å². The summed E-state index contributed by atoms with van der Waals surface area (Å²) in [6, 6.07) is 24.7. The third-order valence-corrected chi connectivity index (χ3v) is 7.66. The molecule has 2 heterocycles. The number of para-hydroxylation sites is 1. The molecule has 3 aromatic carbocycles. The SMILES string of the molecule is O=C(O)CN1C[C@H]2CC(NC(=O)OCC3c4ccccc4-c4ccccc43)CN2Cc2ccccc21. The molecule has 2 atom stereocenters. The lowest BCUT2D eigenvalue weighted by Crippen LogP contribution is -2.39. The number of benzene rings is 3. The first-order valence-electron chi connectivity index (χ1n) is 12.5. The number of aliphatic carboxylic acids is 1. The number of hydrogen-bond acceptors (Lipinski definition) is 5. The molecule has 1 unspecified atom stereocenters. The number of alkyl carbamates (subject to hydrolysis) is 1. The van der Waals surface area contributed by atoms with Gasteiger partial charge in [0.25, 0.3) is 0 Å². The normalized spacial score (nSPS) is 20.6. The highest BCUT2D eigenvalue weighted by atomic mass is 16.5. The van der Waals surface area contributed by atoms with Crippen LogP contribution in [0.2, 0.25) is 0 Å². The van der Waals surface area contributed by atoms with Crippen LogP contribution in [0.1, 0.15) is 29.0 Å². The number of nitrogens with one attached hydrogen (secondary N) is 1. The van der Waals surface area contributed by atoms with E-state index in [0.29, 0.717) is 19.7 Å². The molecule has 1 aliphatic carbocycles. The van der Waals surface area contributed by atoms with Crippen LogP contribution in [0.15, 0.2) is 72.8 Å². The van der Waals surface area contributed by atoms with E-state index in [0.717, 1.165) is 24.2 Å². The standard InChI is InChI=1S/C29H29N3O4/c33-28(34)17-32-16-21-13-20(15-31(21)14-19-7-1-6-12-27(19)32)30-29(35)36-18-26-24-10-4-2-8-22(24)23-9-3-5-11-25(23)26/h1-12,20-21,26H,13-18H2,(H,30,35)(H,33,34)/t20?,21-/m1/s1. The lowest BCUT2D eigenvalue weighted by molar-refractivity contribution is -0.135. The van der Waals surface area contributed by atoms with Crippen molar-refractivity contribution in [1.29, 1.82) is 0 Å². The van der Waals surface area contributed by atoms with E-state index in [1.54, 1.807) is 0 Å². The second-order valence-electron chi connectivity index (χ2n) is 9.89. The van der Waals surface area contributed by atoms with Crippen molar-refractivity contribution in [3.63, 3.8) is 0 Å². The van der Waals surface area contributed by atoms with Crippen LogP contribution in [-0.4, -0.2) is 60.4 Å². The highest BCUT2D eigenvalue weighted by Crippen LogP contribution is 2.44. The topological polar surface area (TPSA) is 82.1 Å². The Morgan fingerprint density at radius 1 is 0.917 bits per heavy atom.